The van der Waals surface area contributed by atoms with Crippen LogP contribution in [0, 0.1) is 5.92 Å². The molecule has 1 aliphatic carbocycles. The molecule has 0 radical (unpaired) electrons. The maximum atomic E-state index is 13.5. The smallest absolute Gasteiger partial charge is 0.416 e. The van der Waals surface area contributed by atoms with E-state index in [0.717, 1.165) is 37.8 Å². The first-order valence-electron chi connectivity index (χ1n) is 15.3. The van der Waals surface area contributed by atoms with E-state index in [0.29, 0.717) is 17.0 Å². The van der Waals surface area contributed by atoms with Crippen molar-refractivity contribution < 1.29 is 37.4 Å². The summed E-state index contributed by atoms with van der Waals surface area (Å²) in [6.45, 7) is 3.73. The highest BCUT2D eigenvalue weighted by Gasteiger charge is 2.33. The first-order valence-corrected chi connectivity index (χ1v) is 15.3. The molecule has 5 amide bonds. The fourth-order valence-electron chi connectivity index (χ4n) is 5.64. The average Bonchev–Trinajstić information content (AvgIpc) is 3.04. The number of amides is 5. The molecule has 2 aromatic carbocycles. The highest BCUT2D eigenvalue weighted by atomic mass is 19.4. The average molecular weight is 634 g/mol. The molecule has 1 heterocycles. The number of halogens is 3. The van der Waals surface area contributed by atoms with Gasteiger partial charge >= 0.3 is 18.2 Å². The summed E-state index contributed by atoms with van der Waals surface area (Å²) in [5.74, 6) is -0.0751. The molecule has 3 atom stereocenters. The molecule has 4 rings (SSSR count). The number of carbonyl (C=O) groups excluding carboxylic acids is 3. The second kappa shape index (κ2) is 14.9. The Morgan fingerprint density at radius 1 is 1.07 bits per heavy atom. The Kier molecular flexibility index (Phi) is 11.2. The number of hydrogen-bond acceptors (Lipinski definition) is 5. The van der Waals surface area contributed by atoms with Crippen LogP contribution in [0.15, 0.2) is 42.5 Å². The van der Waals surface area contributed by atoms with E-state index >= 15 is 0 Å². The summed E-state index contributed by atoms with van der Waals surface area (Å²) in [5, 5.41) is 18.4. The Morgan fingerprint density at radius 2 is 1.73 bits per heavy atom. The third-order valence-electron chi connectivity index (χ3n) is 8.38. The van der Waals surface area contributed by atoms with Gasteiger partial charge in [-0.25, -0.2) is 9.59 Å². The number of anilines is 2. The zero-order chi connectivity index (χ0) is 32.7. The number of aliphatic hydroxyl groups is 1. The molecular formula is C32H42F3N5O5. The van der Waals surface area contributed by atoms with Crippen molar-refractivity contribution in [3.8, 4) is 5.75 Å². The van der Waals surface area contributed by atoms with Gasteiger partial charge in [0.1, 0.15) is 11.9 Å². The number of rotatable bonds is 7. The van der Waals surface area contributed by atoms with Gasteiger partial charge in [-0.05, 0) is 62.2 Å². The first-order chi connectivity index (χ1) is 21.3. The van der Waals surface area contributed by atoms with Crippen molar-refractivity contribution in [1.82, 2.24) is 15.1 Å². The van der Waals surface area contributed by atoms with Crippen LogP contribution in [0.25, 0.3) is 0 Å². The van der Waals surface area contributed by atoms with Gasteiger partial charge in [0, 0.05) is 42.5 Å². The molecule has 0 unspecified atom stereocenters. The minimum atomic E-state index is -4.49. The summed E-state index contributed by atoms with van der Waals surface area (Å²) in [7, 11) is 1.54. The Balaban J connectivity index is 1.51. The molecule has 1 aliphatic heterocycles. The van der Waals surface area contributed by atoms with Crippen LogP contribution in [0.2, 0.25) is 0 Å². The lowest BCUT2D eigenvalue weighted by atomic mass is 9.96. The lowest BCUT2D eigenvalue weighted by molar-refractivity contribution is -0.137. The summed E-state index contributed by atoms with van der Waals surface area (Å²) in [6.07, 6.45) is 0.104. The van der Waals surface area contributed by atoms with Crippen LogP contribution in [-0.4, -0.2) is 77.8 Å². The van der Waals surface area contributed by atoms with E-state index in [1.165, 1.54) is 23.5 Å². The maximum absolute atomic E-state index is 13.5. The standard InChI is InChI=1S/C32H42F3N5O5/c1-20-17-40(21(2)19-41)29(42)16-22-15-26(37-30(43)36-24-7-5-4-6-8-24)13-14-27(22)45-28(20)18-39(3)31(44)38-25-11-9-23(10-12-25)32(33,34)35/h9-15,20-21,24,28,41H,4-8,16-19H2,1-3H3,(H,38,44)(H2,36,37,43)/t20-,21+,28-/m0/s1. The van der Waals surface area contributed by atoms with E-state index in [-0.39, 0.29) is 55.7 Å². The zero-order valence-electron chi connectivity index (χ0n) is 25.8. The van der Waals surface area contributed by atoms with Crippen LogP contribution in [0.4, 0.5) is 34.1 Å². The van der Waals surface area contributed by atoms with Crippen molar-refractivity contribution in [3.05, 3.63) is 53.6 Å². The van der Waals surface area contributed by atoms with Gasteiger partial charge in [-0.15, -0.1) is 0 Å². The Labute approximate surface area is 261 Å². The van der Waals surface area contributed by atoms with Crippen molar-refractivity contribution in [3.63, 3.8) is 0 Å². The topological polar surface area (TPSA) is 123 Å². The highest BCUT2D eigenvalue weighted by molar-refractivity contribution is 5.90. The molecule has 4 N–H and O–H groups in total. The molecule has 1 saturated carbocycles. The predicted octanol–water partition coefficient (Wildman–Crippen LogP) is 5.47. The minimum absolute atomic E-state index is 0.0247. The number of nitrogens with one attached hydrogen (secondary N) is 3. The summed E-state index contributed by atoms with van der Waals surface area (Å²) in [4.78, 5) is 42.1. The van der Waals surface area contributed by atoms with Gasteiger partial charge in [0.05, 0.1) is 31.2 Å². The lowest BCUT2D eigenvalue weighted by Crippen LogP contribution is -2.48. The van der Waals surface area contributed by atoms with Gasteiger partial charge < -0.3 is 35.6 Å². The Morgan fingerprint density at radius 3 is 2.38 bits per heavy atom. The summed E-state index contributed by atoms with van der Waals surface area (Å²) >= 11 is 0. The van der Waals surface area contributed by atoms with Gasteiger partial charge in [-0.2, -0.15) is 13.2 Å². The Hall–Kier alpha value is -4.00. The molecule has 2 aromatic rings. The second-order valence-corrected chi connectivity index (χ2v) is 12.0. The summed E-state index contributed by atoms with van der Waals surface area (Å²) < 4.78 is 45.2. The lowest BCUT2D eigenvalue weighted by Gasteiger charge is -2.34. The van der Waals surface area contributed by atoms with Gasteiger partial charge in [0.2, 0.25) is 5.91 Å². The van der Waals surface area contributed by atoms with Gasteiger partial charge in [-0.3, -0.25) is 4.79 Å². The van der Waals surface area contributed by atoms with Gasteiger partial charge in [0.25, 0.3) is 0 Å². The molecule has 0 bridgehead atoms. The number of fused-ring (bicyclic) bond motifs is 1. The summed E-state index contributed by atoms with van der Waals surface area (Å²) in [6, 6.07) is 8.03. The second-order valence-electron chi connectivity index (χ2n) is 12.0. The summed E-state index contributed by atoms with van der Waals surface area (Å²) in [5.41, 5.74) is 0.424. The van der Waals surface area contributed by atoms with Crippen molar-refractivity contribution >= 4 is 29.3 Å². The van der Waals surface area contributed by atoms with E-state index < -0.39 is 29.9 Å². The first kappa shape index (κ1) is 33.9. The predicted molar refractivity (Wildman–Crippen MR) is 164 cm³/mol. The number of likely N-dealkylation sites (N-methyl/N-ethyl adjacent to an activating group) is 1. The molecule has 45 heavy (non-hydrogen) atoms. The minimum Gasteiger partial charge on any atom is -0.488 e. The SMILES string of the molecule is C[C@H](CO)N1C[C@H](C)[C@H](CN(C)C(=O)Nc2ccc(C(F)(F)F)cc2)Oc2ccc(NC(=O)NC3CCCCC3)cc2CC1=O. The highest BCUT2D eigenvalue weighted by Crippen LogP contribution is 2.31. The molecule has 2 aliphatic rings. The van der Waals surface area contributed by atoms with Crippen LogP contribution in [0.1, 0.15) is 57.1 Å². The van der Waals surface area contributed by atoms with Crippen molar-refractivity contribution in [2.24, 2.45) is 5.92 Å². The van der Waals surface area contributed by atoms with Crippen LogP contribution in [0.5, 0.6) is 5.75 Å². The molecule has 0 aromatic heterocycles. The molecular weight excluding hydrogens is 591 g/mol. The number of alkyl halides is 3. The molecule has 0 saturated heterocycles. The van der Waals surface area contributed by atoms with Crippen molar-refractivity contribution in [2.75, 3.05) is 37.4 Å². The van der Waals surface area contributed by atoms with E-state index in [1.807, 2.05) is 6.92 Å². The largest absolute Gasteiger partial charge is 0.488 e. The number of hydrogen-bond donors (Lipinski definition) is 4. The zero-order valence-corrected chi connectivity index (χ0v) is 25.8. The quantitative estimate of drug-likeness (QED) is 0.322. The molecule has 1 fully saturated rings. The van der Waals surface area contributed by atoms with Crippen molar-refractivity contribution in [1.29, 1.82) is 0 Å². The normalized spacial score (nSPS) is 20.1. The fraction of sp³-hybridized carbons (Fsp3) is 0.531. The van der Waals surface area contributed by atoms with E-state index in [9.17, 15) is 32.7 Å². The number of nitrogens with zero attached hydrogens (tertiary/aromatic N) is 2. The number of ether oxygens (including phenoxy) is 1. The number of urea groups is 2. The van der Waals surface area contributed by atoms with Crippen LogP contribution >= 0.6 is 0 Å². The molecule has 246 valence electrons. The third kappa shape index (κ3) is 9.25. The van der Waals surface area contributed by atoms with Crippen molar-refractivity contribution in [2.45, 2.75) is 76.7 Å². The number of benzene rings is 2. The van der Waals surface area contributed by atoms with E-state index in [2.05, 4.69) is 16.0 Å². The van der Waals surface area contributed by atoms with Gasteiger partial charge in [0.15, 0.2) is 0 Å². The van der Waals surface area contributed by atoms with E-state index in [4.69, 9.17) is 4.74 Å². The number of carbonyl (C=O) groups is 3. The van der Waals surface area contributed by atoms with E-state index in [1.54, 1.807) is 37.1 Å². The molecule has 10 nitrogen and oxygen atoms in total. The monoisotopic (exact) mass is 633 g/mol. The molecule has 0 spiro atoms. The van der Waals surface area contributed by atoms with Gasteiger partial charge in [-0.1, -0.05) is 26.2 Å². The van der Waals surface area contributed by atoms with Crippen LogP contribution in [0.3, 0.4) is 0 Å². The van der Waals surface area contributed by atoms with Crippen LogP contribution < -0.4 is 20.7 Å². The Bertz CT molecular complexity index is 1330. The fourth-order valence-corrected chi connectivity index (χ4v) is 5.64. The third-order valence-corrected chi connectivity index (χ3v) is 8.38. The number of aliphatic hydroxyl groups excluding tert-OH is 1. The maximum Gasteiger partial charge on any atom is 0.416 e. The molecule has 13 heteroatoms. The van der Waals surface area contributed by atoms with Crippen LogP contribution in [-0.2, 0) is 17.4 Å².